The van der Waals surface area contributed by atoms with Crippen LogP contribution in [0.15, 0.2) is 36.7 Å². The Hall–Kier alpha value is -1.66. The molecule has 0 aliphatic carbocycles. The molecule has 0 amide bonds. The predicted octanol–water partition coefficient (Wildman–Crippen LogP) is 6.55. The Labute approximate surface area is 188 Å². The van der Waals surface area contributed by atoms with E-state index in [4.69, 9.17) is 18.2 Å². The first-order valence-corrected chi connectivity index (χ1v) is 14.9. The van der Waals surface area contributed by atoms with Gasteiger partial charge in [-0.25, -0.2) is 0 Å². The number of hydrogen-bond donors (Lipinski definition) is 0. The zero-order chi connectivity index (χ0) is 23.4. The highest BCUT2D eigenvalue weighted by Gasteiger charge is 2.41. The molecule has 8 heteroatoms. The summed E-state index contributed by atoms with van der Waals surface area (Å²) in [5, 5.41) is 0.0494. The van der Waals surface area contributed by atoms with E-state index in [0.29, 0.717) is 12.2 Å². The molecule has 0 N–H and O–H groups in total. The Morgan fingerprint density at radius 1 is 1.13 bits per heavy atom. The van der Waals surface area contributed by atoms with Crippen LogP contribution in [0.5, 0.6) is 11.5 Å². The van der Waals surface area contributed by atoms with E-state index in [0.717, 1.165) is 22.4 Å². The summed E-state index contributed by atoms with van der Waals surface area (Å²) in [5.41, 5.74) is 2.17. The van der Waals surface area contributed by atoms with Gasteiger partial charge < -0.3 is 18.2 Å². The van der Waals surface area contributed by atoms with Gasteiger partial charge in [0.05, 0.1) is 12.8 Å². The molecule has 0 bridgehead atoms. The Bertz CT molecular complexity index is 920. The second-order valence-corrected chi connectivity index (χ2v) is 16.4. The van der Waals surface area contributed by atoms with Crippen LogP contribution < -0.4 is 9.16 Å². The van der Waals surface area contributed by atoms with Gasteiger partial charge in [0.2, 0.25) is 0 Å². The standard InChI is InChI=1S/C23H36NO5PSi/c1-17-13-19(15-20(26-5)22(17)29-31(8,9)23(2,3)4)21(30(25,27-6)28-7)14-18-11-10-12-24-16-18/h10-13,15-16,21H,14H2,1-9H3. The largest absolute Gasteiger partial charge is 0.541 e. The molecule has 172 valence electrons. The molecule has 0 aliphatic heterocycles. The smallest absolute Gasteiger partial charge is 0.337 e. The van der Waals surface area contributed by atoms with Crippen molar-refractivity contribution in [2.24, 2.45) is 0 Å². The fraction of sp³-hybridized carbons (Fsp3) is 0.522. The molecule has 0 aliphatic rings. The van der Waals surface area contributed by atoms with Gasteiger partial charge in [-0.1, -0.05) is 32.9 Å². The summed E-state index contributed by atoms with van der Waals surface area (Å²) in [5.74, 6) is 1.36. The lowest BCUT2D eigenvalue weighted by molar-refractivity contribution is 0.265. The maximum absolute atomic E-state index is 13.5. The first-order chi connectivity index (χ1) is 14.4. The van der Waals surface area contributed by atoms with Gasteiger partial charge in [-0.15, -0.1) is 0 Å². The summed E-state index contributed by atoms with van der Waals surface area (Å²) in [6, 6.07) is 7.70. The van der Waals surface area contributed by atoms with E-state index in [1.165, 1.54) is 14.2 Å². The van der Waals surface area contributed by atoms with E-state index in [1.54, 1.807) is 19.5 Å². The second-order valence-electron chi connectivity index (χ2n) is 9.22. The quantitative estimate of drug-likeness (QED) is 0.309. The van der Waals surface area contributed by atoms with Gasteiger partial charge in [-0.3, -0.25) is 9.55 Å². The molecule has 2 rings (SSSR count). The third kappa shape index (κ3) is 5.78. The number of ether oxygens (including phenoxy) is 1. The van der Waals surface area contributed by atoms with Gasteiger partial charge in [0.15, 0.2) is 5.75 Å². The van der Waals surface area contributed by atoms with Crippen molar-refractivity contribution in [3.63, 3.8) is 0 Å². The molecule has 0 saturated carbocycles. The van der Waals surface area contributed by atoms with Gasteiger partial charge in [0, 0.05) is 26.6 Å². The normalized spacial score (nSPS) is 13.7. The number of methoxy groups -OCH3 is 1. The van der Waals surface area contributed by atoms with Crippen molar-refractivity contribution >= 4 is 15.9 Å². The number of benzene rings is 1. The van der Waals surface area contributed by atoms with Crippen molar-refractivity contribution in [3.8, 4) is 11.5 Å². The van der Waals surface area contributed by atoms with Crippen LogP contribution in [0.1, 0.15) is 43.1 Å². The predicted molar refractivity (Wildman–Crippen MR) is 128 cm³/mol. The van der Waals surface area contributed by atoms with E-state index in [-0.39, 0.29) is 5.04 Å². The van der Waals surface area contributed by atoms with Crippen molar-refractivity contribution in [3.05, 3.63) is 53.3 Å². The van der Waals surface area contributed by atoms with Crippen molar-refractivity contribution in [2.45, 2.75) is 57.9 Å². The van der Waals surface area contributed by atoms with Gasteiger partial charge in [-0.2, -0.15) is 0 Å². The van der Waals surface area contributed by atoms with Crippen molar-refractivity contribution < 1.29 is 22.8 Å². The molecule has 6 nitrogen and oxygen atoms in total. The number of nitrogens with zero attached hydrogens (tertiary/aromatic N) is 1. The molecule has 0 fully saturated rings. The Morgan fingerprint density at radius 3 is 2.26 bits per heavy atom. The summed E-state index contributed by atoms with van der Waals surface area (Å²) >= 11 is 0. The topological polar surface area (TPSA) is 66.9 Å². The first kappa shape index (κ1) is 25.6. The summed E-state index contributed by atoms with van der Waals surface area (Å²) in [4.78, 5) is 4.18. The average Bonchev–Trinajstić information content (AvgIpc) is 2.72. The lowest BCUT2D eigenvalue weighted by atomic mass is 10.0. The maximum Gasteiger partial charge on any atom is 0.337 e. The molecule has 1 atom stereocenters. The van der Waals surface area contributed by atoms with Crippen LogP contribution in [0.25, 0.3) is 0 Å². The Morgan fingerprint density at radius 2 is 1.77 bits per heavy atom. The highest BCUT2D eigenvalue weighted by Crippen LogP contribution is 2.61. The molecule has 0 saturated heterocycles. The van der Waals surface area contributed by atoms with Crippen LogP contribution in [-0.2, 0) is 20.0 Å². The zero-order valence-corrected chi connectivity index (χ0v) is 22.1. The van der Waals surface area contributed by atoms with E-state index >= 15 is 0 Å². The van der Waals surface area contributed by atoms with Crippen LogP contribution in [0.3, 0.4) is 0 Å². The third-order valence-corrected chi connectivity index (χ3v) is 12.7. The zero-order valence-electron chi connectivity index (χ0n) is 20.2. The summed E-state index contributed by atoms with van der Waals surface area (Å²) < 4.78 is 36.6. The molecular formula is C23H36NO5PSi. The molecule has 0 spiro atoms. The fourth-order valence-electron chi connectivity index (χ4n) is 3.13. The highest BCUT2D eigenvalue weighted by atomic mass is 31.2. The van der Waals surface area contributed by atoms with E-state index in [9.17, 15) is 4.57 Å². The number of pyridine rings is 1. The van der Waals surface area contributed by atoms with Crippen LogP contribution in [0, 0.1) is 6.92 Å². The van der Waals surface area contributed by atoms with E-state index < -0.39 is 21.6 Å². The van der Waals surface area contributed by atoms with E-state index in [1.807, 2.05) is 31.2 Å². The molecule has 1 heterocycles. The Balaban J connectivity index is 2.57. The Kier molecular flexibility index (Phi) is 8.14. The lowest BCUT2D eigenvalue weighted by Gasteiger charge is -2.37. The molecule has 1 aromatic carbocycles. The summed E-state index contributed by atoms with van der Waals surface area (Å²) in [6.45, 7) is 13.0. The maximum atomic E-state index is 13.5. The average molecular weight is 466 g/mol. The SMILES string of the molecule is COc1cc(C(Cc2cccnc2)P(=O)(OC)OC)cc(C)c1O[Si](C)(C)C(C)(C)C. The third-order valence-electron chi connectivity index (χ3n) is 6.07. The van der Waals surface area contributed by atoms with Gasteiger partial charge >= 0.3 is 7.60 Å². The second kappa shape index (κ2) is 9.86. The highest BCUT2D eigenvalue weighted by molar-refractivity contribution is 7.54. The minimum Gasteiger partial charge on any atom is -0.541 e. The number of aryl methyl sites for hydroxylation is 1. The number of aromatic nitrogens is 1. The van der Waals surface area contributed by atoms with Gasteiger partial charge in [-0.05, 0) is 60.3 Å². The van der Waals surface area contributed by atoms with Gasteiger partial charge in [0.1, 0.15) is 5.75 Å². The lowest BCUT2D eigenvalue weighted by Crippen LogP contribution is -2.44. The van der Waals surface area contributed by atoms with Crippen molar-refractivity contribution in [1.82, 2.24) is 4.98 Å². The number of rotatable bonds is 9. The molecular weight excluding hydrogens is 429 g/mol. The van der Waals surface area contributed by atoms with Crippen LogP contribution in [0.4, 0.5) is 0 Å². The van der Waals surface area contributed by atoms with Crippen molar-refractivity contribution in [1.29, 1.82) is 0 Å². The molecule has 1 aromatic heterocycles. The van der Waals surface area contributed by atoms with Crippen LogP contribution in [0.2, 0.25) is 18.1 Å². The minimum atomic E-state index is -3.43. The van der Waals surface area contributed by atoms with Crippen molar-refractivity contribution in [2.75, 3.05) is 21.3 Å². The summed E-state index contributed by atoms with van der Waals surface area (Å²) in [6.07, 6.45) is 3.93. The molecule has 1 unspecified atom stereocenters. The van der Waals surface area contributed by atoms with E-state index in [2.05, 4.69) is 38.8 Å². The van der Waals surface area contributed by atoms with Crippen LogP contribution >= 0.6 is 7.60 Å². The first-order valence-electron chi connectivity index (χ1n) is 10.4. The molecule has 0 radical (unpaired) electrons. The summed E-state index contributed by atoms with van der Waals surface area (Å²) in [7, 11) is -1.04. The minimum absolute atomic E-state index is 0.0494. The number of hydrogen-bond acceptors (Lipinski definition) is 6. The van der Waals surface area contributed by atoms with Crippen LogP contribution in [-0.4, -0.2) is 34.6 Å². The monoisotopic (exact) mass is 465 g/mol. The molecule has 2 aromatic rings. The fourth-order valence-corrected chi connectivity index (χ4v) is 5.82. The van der Waals surface area contributed by atoms with Gasteiger partial charge in [0.25, 0.3) is 8.32 Å². The molecule has 31 heavy (non-hydrogen) atoms.